The molecule has 4 nitrogen and oxygen atoms in total. The van der Waals surface area contributed by atoms with E-state index in [1.165, 1.54) is 20.0 Å². The monoisotopic (exact) mass is 225 g/mol. The SMILES string of the molecule is COC(=O)C1CCN(C(=O)C2CCCC2)C1. The van der Waals surface area contributed by atoms with Gasteiger partial charge in [-0.15, -0.1) is 0 Å². The van der Waals surface area contributed by atoms with Gasteiger partial charge in [-0.1, -0.05) is 12.8 Å². The molecule has 0 aromatic carbocycles. The summed E-state index contributed by atoms with van der Waals surface area (Å²) in [6.07, 6.45) is 5.15. The second-order valence-corrected chi connectivity index (χ2v) is 4.77. The van der Waals surface area contributed by atoms with Crippen molar-refractivity contribution in [3.8, 4) is 0 Å². The number of rotatable bonds is 2. The van der Waals surface area contributed by atoms with Crippen molar-refractivity contribution in [2.75, 3.05) is 20.2 Å². The molecule has 0 N–H and O–H groups in total. The molecule has 2 fully saturated rings. The first-order valence-electron chi connectivity index (χ1n) is 6.09. The van der Waals surface area contributed by atoms with E-state index in [-0.39, 0.29) is 23.7 Å². The molecule has 1 amide bonds. The summed E-state index contributed by atoms with van der Waals surface area (Å²) in [7, 11) is 1.41. The highest BCUT2D eigenvalue weighted by Crippen LogP contribution is 2.29. The topological polar surface area (TPSA) is 46.6 Å². The molecule has 1 aliphatic carbocycles. The Morgan fingerprint density at radius 3 is 2.44 bits per heavy atom. The van der Waals surface area contributed by atoms with Gasteiger partial charge in [0.05, 0.1) is 13.0 Å². The maximum atomic E-state index is 12.1. The van der Waals surface area contributed by atoms with Gasteiger partial charge in [0.25, 0.3) is 0 Å². The first-order valence-corrected chi connectivity index (χ1v) is 6.09. The summed E-state index contributed by atoms with van der Waals surface area (Å²) in [5.41, 5.74) is 0. The molecule has 0 aromatic heterocycles. The molecular weight excluding hydrogens is 206 g/mol. The number of hydrogen-bond acceptors (Lipinski definition) is 3. The average molecular weight is 225 g/mol. The predicted molar refractivity (Wildman–Crippen MR) is 58.7 cm³/mol. The second-order valence-electron chi connectivity index (χ2n) is 4.77. The fourth-order valence-corrected chi connectivity index (χ4v) is 2.75. The summed E-state index contributed by atoms with van der Waals surface area (Å²) in [5.74, 6) is 0.192. The fraction of sp³-hybridized carbons (Fsp3) is 0.833. The molecule has 1 unspecified atom stereocenters. The molecule has 2 aliphatic rings. The molecule has 1 saturated heterocycles. The average Bonchev–Trinajstić information content (AvgIpc) is 2.97. The van der Waals surface area contributed by atoms with Crippen molar-refractivity contribution >= 4 is 11.9 Å². The van der Waals surface area contributed by atoms with Gasteiger partial charge in [0.2, 0.25) is 5.91 Å². The first kappa shape index (κ1) is 11.4. The normalized spacial score (nSPS) is 26.1. The maximum Gasteiger partial charge on any atom is 0.310 e. The number of esters is 1. The zero-order chi connectivity index (χ0) is 11.5. The van der Waals surface area contributed by atoms with Gasteiger partial charge in [0.1, 0.15) is 0 Å². The molecule has 4 heteroatoms. The summed E-state index contributed by atoms with van der Waals surface area (Å²) < 4.78 is 4.71. The van der Waals surface area contributed by atoms with E-state index in [0.717, 1.165) is 25.8 Å². The minimum atomic E-state index is -0.179. The van der Waals surface area contributed by atoms with Crippen LogP contribution in [-0.2, 0) is 14.3 Å². The zero-order valence-electron chi connectivity index (χ0n) is 9.78. The standard InChI is InChI=1S/C12H19NO3/c1-16-12(15)10-6-7-13(8-10)11(14)9-4-2-3-5-9/h9-10H,2-8H2,1H3. The fourth-order valence-electron chi connectivity index (χ4n) is 2.75. The van der Waals surface area contributed by atoms with Crippen LogP contribution >= 0.6 is 0 Å². The zero-order valence-corrected chi connectivity index (χ0v) is 9.78. The molecular formula is C12H19NO3. The highest BCUT2D eigenvalue weighted by molar-refractivity contribution is 5.81. The van der Waals surface area contributed by atoms with Crippen molar-refractivity contribution in [2.24, 2.45) is 11.8 Å². The third kappa shape index (κ3) is 2.20. The Morgan fingerprint density at radius 1 is 1.12 bits per heavy atom. The van der Waals surface area contributed by atoms with Gasteiger partial charge in [-0.05, 0) is 19.3 Å². The summed E-state index contributed by atoms with van der Waals surface area (Å²) in [6.45, 7) is 1.27. The number of likely N-dealkylation sites (tertiary alicyclic amines) is 1. The van der Waals surface area contributed by atoms with Crippen molar-refractivity contribution < 1.29 is 14.3 Å². The van der Waals surface area contributed by atoms with Crippen LogP contribution in [0.5, 0.6) is 0 Å². The Hall–Kier alpha value is -1.06. The lowest BCUT2D eigenvalue weighted by atomic mass is 10.1. The molecule has 1 atom stereocenters. The predicted octanol–water partition coefficient (Wildman–Crippen LogP) is 1.20. The third-order valence-corrected chi connectivity index (χ3v) is 3.74. The molecule has 0 aromatic rings. The molecule has 90 valence electrons. The number of amides is 1. The van der Waals surface area contributed by atoms with Gasteiger partial charge in [-0.2, -0.15) is 0 Å². The lowest BCUT2D eigenvalue weighted by Crippen LogP contribution is -2.34. The molecule has 1 aliphatic heterocycles. The van der Waals surface area contributed by atoms with E-state index < -0.39 is 0 Å². The summed E-state index contributed by atoms with van der Waals surface area (Å²) >= 11 is 0. The Kier molecular flexibility index (Phi) is 3.46. The van der Waals surface area contributed by atoms with Gasteiger partial charge < -0.3 is 9.64 Å². The van der Waals surface area contributed by atoms with E-state index in [4.69, 9.17) is 4.74 Å². The van der Waals surface area contributed by atoms with Crippen molar-refractivity contribution in [1.82, 2.24) is 4.90 Å². The molecule has 1 saturated carbocycles. The first-order chi connectivity index (χ1) is 7.72. The number of carbonyl (C=O) groups excluding carboxylic acids is 2. The van der Waals surface area contributed by atoms with Crippen LogP contribution in [0.2, 0.25) is 0 Å². The third-order valence-electron chi connectivity index (χ3n) is 3.74. The van der Waals surface area contributed by atoms with E-state index in [2.05, 4.69) is 0 Å². The molecule has 1 heterocycles. The van der Waals surface area contributed by atoms with Crippen LogP contribution in [0, 0.1) is 11.8 Å². The number of nitrogens with zero attached hydrogens (tertiary/aromatic N) is 1. The number of carbonyl (C=O) groups is 2. The van der Waals surface area contributed by atoms with Crippen LogP contribution in [0.15, 0.2) is 0 Å². The molecule has 16 heavy (non-hydrogen) atoms. The van der Waals surface area contributed by atoms with Crippen LogP contribution in [0.3, 0.4) is 0 Å². The lowest BCUT2D eigenvalue weighted by molar-refractivity contribution is -0.145. The van der Waals surface area contributed by atoms with Crippen LogP contribution in [0.25, 0.3) is 0 Å². The van der Waals surface area contributed by atoms with Crippen molar-refractivity contribution in [1.29, 1.82) is 0 Å². The highest BCUT2D eigenvalue weighted by Gasteiger charge is 2.35. The molecule has 0 bridgehead atoms. The van der Waals surface area contributed by atoms with Crippen LogP contribution < -0.4 is 0 Å². The minimum absolute atomic E-state index is 0.102. The Bertz CT molecular complexity index is 284. The number of methoxy groups -OCH3 is 1. The van der Waals surface area contributed by atoms with Crippen molar-refractivity contribution in [2.45, 2.75) is 32.1 Å². The minimum Gasteiger partial charge on any atom is -0.469 e. The van der Waals surface area contributed by atoms with E-state index >= 15 is 0 Å². The maximum absolute atomic E-state index is 12.1. The Balaban J connectivity index is 1.87. The largest absolute Gasteiger partial charge is 0.469 e. The second kappa shape index (κ2) is 4.85. The van der Waals surface area contributed by atoms with Crippen molar-refractivity contribution in [3.63, 3.8) is 0 Å². The number of ether oxygens (including phenoxy) is 1. The van der Waals surface area contributed by atoms with Crippen LogP contribution in [0.1, 0.15) is 32.1 Å². The smallest absolute Gasteiger partial charge is 0.310 e. The van der Waals surface area contributed by atoms with Crippen molar-refractivity contribution in [3.05, 3.63) is 0 Å². The van der Waals surface area contributed by atoms with E-state index in [1.54, 1.807) is 0 Å². The van der Waals surface area contributed by atoms with Gasteiger partial charge in [-0.25, -0.2) is 0 Å². The summed E-state index contributed by atoms with van der Waals surface area (Å²) in [5, 5.41) is 0. The molecule has 0 spiro atoms. The highest BCUT2D eigenvalue weighted by atomic mass is 16.5. The van der Waals surface area contributed by atoms with E-state index in [0.29, 0.717) is 6.54 Å². The van der Waals surface area contributed by atoms with E-state index in [1.807, 2.05) is 4.90 Å². The molecule has 0 radical (unpaired) electrons. The molecule has 2 rings (SSSR count). The quantitative estimate of drug-likeness (QED) is 0.663. The Morgan fingerprint density at radius 2 is 1.81 bits per heavy atom. The Labute approximate surface area is 95.9 Å². The van der Waals surface area contributed by atoms with Gasteiger partial charge >= 0.3 is 5.97 Å². The lowest BCUT2D eigenvalue weighted by Gasteiger charge is -2.20. The van der Waals surface area contributed by atoms with Gasteiger partial charge in [0, 0.05) is 19.0 Å². The van der Waals surface area contributed by atoms with Gasteiger partial charge in [-0.3, -0.25) is 9.59 Å². The van der Waals surface area contributed by atoms with Gasteiger partial charge in [0.15, 0.2) is 0 Å². The van der Waals surface area contributed by atoms with Crippen LogP contribution in [0.4, 0.5) is 0 Å². The van der Waals surface area contributed by atoms with E-state index in [9.17, 15) is 9.59 Å². The number of hydrogen-bond donors (Lipinski definition) is 0. The van der Waals surface area contributed by atoms with Crippen LogP contribution in [-0.4, -0.2) is 37.0 Å². The summed E-state index contributed by atoms with van der Waals surface area (Å²) in [4.78, 5) is 25.3. The summed E-state index contributed by atoms with van der Waals surface area (Å²) in [6, 6.07) is 0.